The van der Waals surface area contributed by atoms with Crippen molar-refractivity contribution in [1.82, 2.24) is 4.31 Å². The van der Waals surface area contributed by atoms with Crippen molar-refractivity contribution in [3.05, 3.63) is 29.8 Å². The van der Waals surface area contributed by atoms with Crippen molar-refractivity contribution in [2.45, 2.75) is 50.8 Å². The largest absolute Gasteiger partial charge is 0.330 e. The number of rotatable bonds is 10. The molecule has 108 valence electrons. The average Bonchev–Trinajstić information content (AvgIpc) is 2.40. The molecule has 1 rings (SSSR count). The van der Waals surface area contributed by atoms with Gasteiger partial charge in [0.25, 0.3) is 0 Å². The smallest absolute Gasteiger partial charge is 0.0233 e. The lowest BCUT2D eigenvalue weighted by Crippen LogP contribution is -2.17. The van der Waals surface area contributed by atoms with Crippen LogP contribution in [0.4, 0.5) is 0 Å². The van der Waals surface area contributed by atoms with Gasteiger partial charge in [0, 0.05) is 18.0 Å². The van der Waals surface area contributed by atoms with Gasteiger partial charge in [-0.1, -0.05) is 26.0 Å². The highest BCUT2D eigenvalue weighted by Crippen LogP contribution is 2.24. The molecule has 0 fully saturated rings. The fourth-order valence-corrected chi connectivity index (χ4v) is 3.27. The molecule has 0 heterocycles. The van der Waals surface area contributed by atoms with E-state index in [1.54, 1.807) is 0 Å². The predicted molar refractivity (Wildman–Crippen MR) is 86.4 cm³/mol. The Labute approximate surface area is 122 Å². The normalized spacial score (nSPS) is 11.2. The van der Waals surface area contributed by atoms with Gasteiger partial charge in [0.1, 0.15) is 0 Å². The minimum Gasteiger partial charge on any atom is -0.330 e. The summed E-state index contributed by atoms with van der Waals surface area (Å²) in [4.78, 5) is 1.37. The summed E-state index contributed by atoms with van der Waals surface area (Å²) in [5.74, 6) is 0. The van der Waals surface area contributed by atoms with Crippen molar-refractivity contribution in [3.63, 3.8) is 0 Å². The third-order valence-electron chi connectivity index (χ3n) is 3.00. The van der Waals surface area contributed by atoms with E-state index in [1.807, 2.05) is 11.9 Å². The highest BCUT2D eigenvalue weighted by Gasteiger charge is 2.05. The molecule has 0 aliphatic heterocycles. The Morgan fingerprint density at radius 1 is 1.11 bits per heavy atom. The van der Waals surface area contributed by atoms with Gasteiger partial charge in [-0.15, -0.1) is 0 Å². The van der Waals surface area contributed by atoms with E-state index >= 15 is 0 Å². The monoisotopic (exact) mass is 280 g/mol. The first kappa shape index (κ1) is 16.5. The molecule has 1 aromatic carbocycles. The molecule has 0 radical (unpaired) electrons. The second-order valence-electron chi connectivity index (χ2n) is 4.91. The van der Waals surface area contributed by atoms with Crippen molar-refractivity contribution in [3.8, 4) is 0 Å². The highest BCUT2D eigenvalue weighted by atomic mass is 32.2. The van der Waals surface area contributed by atoms with Crippen LogP contribution in [0.2, 0.25) is 0 Å². The Kier molecular flexibility index (Phi) is 8.97. The average molecular weight is 280 g/mol. The third-order valence-corrected chi connectivity index (χ3v) is 4.09. The van der Waals surface area contributed by atoms with Crippen molar-refractivity contribution in [2.75, 3.05) is 19.6 Å². The molecule has 3 heteroatoms. The summed E-state index contributed by atoms with van der Waals surface area (Å²) in [6.07, 6.45) is 5.88. The Hall–Kier alpha value is -0.510. The van der Waals surface area contributed by atoms with Crippen molar-refractivity contribution in [1.29, 1.82) is 0 Å². The number of unbranched alkanes of at least 4 members (excludes halogenated alkanes) is 1. The van der Waals surface area contributed by atoms with E-state index in [9.17, 15) is 0 Å². The summed E-state index contributed by atoms with van der Waals surface area (Å²) in [7, 11) is 0. The molecule has 0 aromatic heterocycles. The van der Waals surface area contributed by atoms with Crippen LogP contribution in [0.25, 0.3) is 0 Å². The van der Waals surface area contributed by atoms with Gasteiger partial charge >= 0.3 is 0 Å². The lowest BCUT2D eigenvalue weighted by Gasteiger charge is -2.19. The fourth-order valence-electron chi connectivity index (χ4n) is 2.08. The molecule has 0 atom stereocenters. The zero-order valence-corrected chi connectivity index (χ0v) is 13.2. The Morgan fingerprint density at radius 3 is 2.47 bits per heavy atom. The maximum Gasteiger partial charge on any atom is 0.0233 e. The summed E-state index contributed by atoms with van der Waals surface area (Å²) < 4.78 is 2.47. The van der Waals surface area contributed by atoms with E-state index in [-0.39, 0.29) is 0 Å². The molecule has 1 aromatic rings. The molecular weight excluding hydrogens is 252 g/mol. The molecule has 0 bridgehead atoms. The van der Waals surface area contributed by atoms with E-state index in [0.717, 1.165) is 32.5 Å². The van der Waals surface area contributed by atoms with Crippen LogP contribution in [0.15, 0.2) is 29.2 Å². The molecule has 2 nitrogen and oxygen atoms in total. The minimum absolute atomic E-state index is 0.801. The molecule has 0 saturated carbocycles. The second kappa shape index (κ2) is 10.3. The molecule has 0 spiro atoms. The molecule has 0 saturated heterocycles. The summed E-state index contributed by atoms with van der Waals surface area (Å²) in [5.41, 5.74) is 6.98. The van der Waals surface area contributed by atoms with Crippen LogP contribution < -0.4 is 5.73 Å². The Balaban J connectivity index is 2.54. The number of nitrogens with zero attached hydrogens (tertiary/aromatic N) is 1. The Bertz CT molecular complexity index is 335. The molecule has 0 aliphatic carbocycles. The summed E-state index contributed by atoms with van der Waals surface area (Å²) in [6, 6.07) is 8.95. The number of aryl methyl sites for hydroxylation is 1. The predicted octanol–water partition coefficient (Wildman–Crippen LogP) is 4.10. The number of benzene rings is 1. The maximum atomic E-state index is 5.54. The van der Waals surface area contributed by atoms with E-state index in [2.05, 4.69) is 42.4 Å². The lowest BCUT2D eigenvalue weighted by molar-refractivity contribution is 0.467. The van der Waals surface area contributed by atoms with Crippen LogP contribution in [-0.2, 0) is 6.42 Å². The molecule has 0 amide bonds. The summed E-state index contributed by atoms with van der Waals surface area (Å²) in [6.45, 7) is 7.61. The number of hydrogen-bond donors (Lipinski definition) is 1. The maximum absolute atomic E-state index is 5.54. The van der Waals surface area contributed by atoms with Gasteiger partial charge in [0.2, 0.25) is 0 Å². The minimum atomic E-state index is 0.801. The molecular formula is C16H28N2S. The quantitative estimate of drug-likeness (QED) is 0.517. The molecule has 0 unspecified atom stereocenters. The fraction of sp³-hybridized carbons (Fsp3) is 0.625. The van der Waals surface area contributed by atoms with E-state index in [0.29, 0.717) is 0 Å². The van der Waals surface area contributed by atoms with E-state index in [1.165, 1.54) is 29.7 Å². The van der Waals surface area contributed by atoms with Crippen molar-refractivity contribution >= 4 is 11.9 Å². The standard InChI is InChI=1S/C16H28N2S/c1-3-12-18(13-4-2)19-16-10-7-9-15(14-16)8-5-6-11-17/h7,9-10,14H,3-6,8,11-13,17H2,1-2H3. The van der Waals surface area contributed by atoms with Crippen molar-refractivity contribution < 1.29 is 0 Å². The molecule has 2 N–H and O–H groups in total. The van der Waals surface area contributed by atoms with Crippen LogP contribution in [0, 0.1) is 0 Å². The van der Waals surface area contributed by atoms with Crippen LogP contribution in [0.1, 0.15) is 45.1 Å². The SMILES string of the molecule is CCCN(CCC)Sc1cccc(CCCCN)c1. The van der Waals surface area contributed by atoms with Crippen LogP contribution in [0.5, 0.6) is 0 Å². The van der Waals surface area contributed by atoms with E-state index < -0.39 is 0 Å². The summed E-state index contributed by atoms with van der Waals surface area (Å²) >= 11 is 1.90. The zero-order chi connectivity index (χ0) is 13.9. The van der Waals surface area contributed by atoms with Gasteiger partial charge in [-0.3, -0.25) is 0 Å². The van der Waals surface area contributed by atoms with Gasteiger partial charge in [-0.05, 0) is 68.3 Å². The molecule has 0 aliphatic rings. The first-order valence-corrected chi connectivity index (χ1v) is 8.29. The summed E-state index contributed by atoms with van der Waals surface area (Å²) in [5, 5.41) is 0. The van der Waals surface area contributed by atoms with E-state index in [4.69, 9.17) is 5.73 Å². The molecule has 19 heavy (non-hydrogen) atoms. The first-order chi connectivity index (χ1) is 9.30. The topological polar surface area (TPSA) is 29.3 Å². The first-order valence-electron chi connectivity index (χ1n) is 7.52. The number of nitrogens with two attached hydrogens (primary N) is 1. The zero-order valence-electron chi connectivity index (χ0n) is 12.4. The van der Waals surface area contributed by atoms with Crippen LogP contribution in [0.3, 0.4) is 0 Å². The van der Waals surface area contributed by atoms with Gasteiger partial charge in [-0.25, -0.2) is 4.31 Å². The van der Waals surface area contributed by atoms with Crippen molar-refractivity contribution in [2.24, 2.45) is 5.73 Å². The lowest BCUT2D eigenvalue weighted by atomic mass is 10.1. The van der Waals surface area contributed by atoms with Crippen LogP contribution >= 0.6 is 11.9 Å². The Morgan fingerprint density at radius 2 is 1.84 bits per heavy atom. The third kappa shape index (κ3) is 7.00. The second-order valence-corrected chi connectivity index (χ2v) is 6.08. The van der Waals surface area contributed by atoms with Gasteiger partial charge in [0.05, 0.1) is 0 Å². The van der Waals surface area contributed by atoms with Gasteiger partial charge in [0.15, 0.2) is 0 Å². The van der Waals surface area contributed by atoms with Gasteiger partial charge in [-0.2, -0.15) is 0 Å². The van der Waals surface area contributed by atoms with Gasteiger partial charge < -0.3 is 5.73 Å². The highest BCUT2D eigenvalue weighted by molar-refractivity contribution is 7.97. The van der Waals surface area contributed by atoms with Crippen LogP contribution in [-0.4, -0.2) is 23.9 Å². The number of hydrogen-bond acceptors (Lipinski definition) is 3.